The average Bonchev–Trinajstić information content (AvgIpc) is 2.43. The SMILES string of the molecule is COc1c(CCl)c(OC)c(OC)c(OC)c1OC. The number of hydrogen-bond acceptors (Lipinski definition) is 5. The van der Waals surface area contributed by atoms with Crippen molar-refractivity contribution in [2.75, 3.05) is 35.5 Å². The predicted octanol–water partition coefficient (Wildman–Crippen LogP) is 2.47. The van der Waals surface area contributed by atoms with E-state index in [1.165, 1.54) is 35.5 Å². The normalized spacial score (nSPS) is 9.89. The van der Waals surface area contributed by atoms with E-state index in [0.717, 1.165) is 0 Å². The smallest absolute Gasteiger partial charge is 0.211 e. The van der Waals surface area contributed by atoms with Crippen molar-refractivity contribution >= 4 is 11.6 Å². The molecule has 0 amide bonds. The minimum atomic E-state index is 0.197. The summed E-state index contributed by atoms with van der Waals surface area (Å²) in [6.45, 7) is 0. The van der Waals surface area contributed by atoms with E-state index in [-0.39, 0.29) is 5.88 Å². The molecule has 0 N–H and O–H groups in total. The zero-order valence-electron chi connectivity index (χ0n) is 11.1. The maximum absolute atomic E-state index is 5.94. The molecule has 0 saturated heterocycles. The fourth-order valence-corrected chi connectivity index (χ4v) is 2.04. The molecule has 5 nitrogen and oxygen atoms in total. The molecule has 0 radical (unpaired) electrons. The van der Waals surface area contributed by atoms with Gasteiger partial charge in [0.1, 0.15) is 0 Å². The second kappa shape index (κ2) is 6.44. The lowest BCUT2D eigenvalue weighted by Crippen LogP contribution is -2.04. The van der Waals surface area contributed by atoms with E-state index in [9.17, 15) is 0 Å². The molecule has 6 heteroatoms. The Hall–Kier alpha value is -1.49. The summed E-state index contributed by atoms with van der Waals surface area (Å²) in [6.07, 6.45) is 0. The maximum Gasteiger partial charge on any atom is 0.211 e. The van der Waals surface area contributed by atoms with Crippen molar-refractivity contribution < 1.29 is 23.7 Å². The first kappa shape index (κ1) is 14.6. The van der Waals surface area contributed by atoms with E-state index in [0.29, 0.717) is 34.3 Å². The zero-order valence-corrected chi connectivity index (χ0v) is 11.9. The molecular formula is C12H17ClO5. The summed E-state index contributed by atoms with van der Waals surface area (Å²) in [4.78, 5) is 0. The molecule has 18 heavy (non-hydrogen) atoms. The molecule has 1 aromatic carbocycles. The van der Waals surface area contributed by atoms with E-state index in [1.54, 1.807) is 0 Å². The summed E-state index contributed by atoms with van der Waals surface area (Å²) in [5, 5.41) is 0. The second-order valence-corrected chi connectivity index (χ2v) is 3.55. The Labute approximate surface area is 111 Å². The summed E-state index contributed by atoms with van der Waals surface area (Å²) >= 11 is 5.94. The number of ether oxygens (including phenoxy) is 5. The van der Waals surface area contributed by atoms with Gasteiger partial charge in [-0.1, -0.05) is 0 Å². The monoisotopic (exact) mass is 276 g/mol. The molecule has 0 heterocycles. The number of benzene rings is 1. The van der Waals surface area contributed by atoms with Crippen LogP contribution in [0.5, 0.6) is 28.7 Å². The highest BCUT2D eigenvalue weighted by molar-refractivity contribution is 6.17. The molecule has 102 valence electrons. The minimum Gasteiger partial charge on any atom is -0.492 e. The Morgan fingerprint density at radius 1 is 0.611 bits per heavy atom. The van der Waals surface area contributed by atoms with Gasteiger partial charge in [-0.15, -0.1) is 11.6 Å². The first-order valence-electron chi connectivity index (χ1n) is 5.18. The lowest BCUT2D eigenvalue weighted by atomic mass is 10.1. The summed E-state index contributed by atoms with van der Waals surface area (Å²) in [5.41, 5.74) is 0.649. The van der Waals surface area contributed by atoms with Crippen LogP contribution in [-0.2, 0) is 5.88 Å². The average molecular weight is 277 g/mol. The first-order valence-corrected chi connectivity index (χ1v) is 5.72. The Kier molecular flexibility index (Phi) is 5.22. The number of methoxy groups -OCH3 is 5. The van der Waals surface area contributed by atoms with Crippen molar-refractivity contribution in [3.8, 4) is 28.7 Å². The Balaban J connectivity index is 3.71. The number of halogens is 1. The van der Waals surface area contributed by atoms with Crippen molar-refractivity contribution in [2.45, 2.75) is 5.88 Å². The molecule has 0 aliphatic rings. The van der Waals surface area contributed by atoms with E-state index in [2.05, 4.69) is 0 Å². The fourth-order valence-electron chi connectivity index (χ4n) is 1.80. The van der Waals surface area contributed by atoms with Crippen molar-refractivity contribution in [1.29, 1.82) is 0 Å². The molecule has 0 spiro atoms. The van der Waals surface area contributed by atoms with Crippen LogP contribution in [0.4, 0.5) is 0 Å². The van der Waals surface area contributed by atoms with Gasteiger partial charge in [-0.25, -0.2) is 0 Å². The van der Waals surface area contributed by atoms with E-state index >= 15 is 0 Å². The van der Waals surface area contributed by atoms with Gasteiger partial charge in [-0.3, -0.25) is 0 Å². The fraction of sp³-hybridized carbons (Fsp3) is 0.500. The van der Waals surface area contributed by atoms with Gasteiger partial charge >= 0.3 is 0 Å². The number of rotatable bonds is 6. The Morgan fingerprint density at radius 3 is 1.11 bits per heavy atom. The molecule has 0 fully saturated rings. The molecule has 0 aliphatic carbocycles. The molecule has 0 aliphatic heterocycles. The standard InChI is InChI=1S/C12H17ClO5/c1-14-8-7(6-13)9(15-2)11(17-4)12(18-5)10(8)16-3/h6H2,1-5H3. The minimum absolute atomic E-state index is 0.197. The maximum atomic E-state index is 5.94. The van der Waals surface area contributed by atoms with Crippen LogP contribution in [0.3, 0.4) is 0 Å². The van der Waals surface area contributed by atoms with Crippen molar-refractivity contribution in [2.24, 2.45) is 0 Å². The van der Waals surface area contributed by atoms with Crippen LogP contribution in [0, 0.1) is 0 Å². The van der Waals surface area contributed by atoms with Crippen LogP contribution in [0.2, 0.25) is 0 Å². The summed E-state index contributed by atoms with van der Waals surface area (Å²) in [6, 6.07) is 0. The topological polar surface area (TPSA) is 46.2 Å². The van der Waals surface area contributed by atoms with Crippen LogP contribution >= 0.6 is 11.6 Å². The van der Waals surface area contributed by atoms with Gasteiger partial charge < -0.3 is 23.7 Å². The summed E-state index contributed by atoms with van der Waals surface area (Å²) < 4.78 is 26.5. The van der Waals surface area contributed by atoms with Crippen molar-refractivity contribution in [1.82, 2.24) is 0 Å². The molecule has 0 saturated carbocycles. The van der Waals surface area contributed by atoms with Gasteiger partial charge in [0, 0.05) is 0 Å². The third-order valence-electron chi connectivity index (χ3n) is 2.53. The van der Waals surface area contributed by atoms with Crippen molar-refractivity contribution in [3.63, 3.8) is 0 Å². The summed E-state index contributed by atoms with van der Waals surface area (Å²) in [5.74, 6) is 2.40. The van der Waals surface area contributed by atoms with Crippen LogP contribution in [0.15, 0.2) is 0 Å². The molecule has 0 atom stereocenters. The number of hydrogen-bond donors (Lipinski definition) is 0. The molecular weight excluding hydrogens is 260 g/mol. The van der Waals surface area contributed by atoms with Crippen LogP contribution in [-0.4, -0.2) is 35.5 Å². The lowest BCUT2D eigenvalue weighted by Gasteiger charge is -2.21. The quantitative estimate of drug-likeness (QED) is 0.747. The highest BCUT2D eigenvalue weighted by Gasteiger charge is 2.27. The van der Waals surface area contributed by atoms with E-state index < -0.39 is 0 Å². The molecule has 0 aromatic heterocycles. The summed E-state index contributed by atoms with van der Waals surface area (Å²) in [7, 11) is 7.60. The highest BCUT2D eigenvalue weighted by atomic mass is 35.5. The van der Waals surface area contributed by atoms with Gasteiger partial charge in [0.15, 0.2) is 11.5 Å². The van der Waals surface area contributed by atoms with Gasteiger partial charge in [-0.05, 0) is 0 Å². The number of alkyl halides is 1. The molecule has 0 unspecified atom stereocenters. The molecule has 1 rings (SSSR count). The van der Waals surface area contributed by atoms with Gasteiger partial charge in [-0.2, -0.15) is 0 Å². The molecule has 0 bridgehead atoms. The van der Waals surface area contributed by atoms with Crippen LogP contribution in [0.25, 0.3) is 0 Å². The molecule has 1 aromatic rings. The van der Waals surface area contributed by atoms with Crippen LogP contribution in [0.1, 0.15) is 5.56 Å². The van der Waals surface area contributed by atoms with Gasteiger partial charge in [0.05, 0.1) is 47.0 Å². The third kappa shape index (κ3) is 2.22. The highest BCUT2D eigenvalue weighted by Crippen LogP contribution is 2.53. The van der Waals surface area contributed by atoms with Crippen molar-refractivity contribution in [3.05, 3.63) is 5.56 Å². The van der Waals surface area contributed by atoms with Crippen LogP contribution < -0.4 is 23.7 Å². The Bertz CT molecular complexity index is 299. The van der Waals surface area contributed by atoms with E-state index in [1.807, 2.05) is 0 Å². The largest absolute Gasteiger partial charge is 0.492 e. The zero-order chi connectivity index (χ0) is 13.7. The van der Waals surface area contributed by atoms with E-state index in [4.69, 9.17) is 35.3 Å². The third-order valence-corrected chi connectivity index (χ3v) is 2.79. The van der Waals surface area contributed by atoms with Gasteiger partial charge in [0.25, 0.3) is 0 Å². The predicted molar refractivity (Wildman–Crippen MR) is 68.8 cm³/mol. The van der Waals surface area contributed by atoms with Gasteiger partial charge in [0.2, 0.25) is 17.2 Å². The lowest BCUT2D eigenvalue weighted by molar-refractivity contribution is 0.288. The second-order valence-electron chi connectivity index (χ2n) is 3.28. The Morgan fingerprint density at radius 2 is 0.889 bits per heavy atom. The first-order chi connectivity index (χ1) is 8.69.